The van der Waals surface area contributed by atoms with E-state index in [0.29, 0.717) is 6.42 Å². The molecule has 0 saturated carbocycles. The van der Waals surface area contributed by atoms with Crippen LogP contribution in [0.25, 0.3) is 0 Å². The fraction of sp³-hybridized carbons (Fsp3) is 1.00. The molecule has 0 rings (SSSR count). The maximum atomic E-state index is 11.5. The van der Waals surface area contributed by atoms with Gasteiger partial charge < -0.3 is 0 Å². The van der Waals surface area contributed by atoms with E-state index in [2.05, 4.69) is 9.44 Å². The van der Waals surface area contributed by atoms with Crippen LogP contribution in [0.5, 0.6) is 0 Å². The fourth-order valence-corrected chi connectivity index (χ4v) is 3.76. The number of sulfonamides is 2. The second-order valence-electron chi connectivity index (χ2n) is 4.44. The van der Waals surface area contributed by atoms with Gasteiger partial charge in [0.2, 0.25) is 20.0 Å². The van der Waals surface area contributed by atoms with E-state index in [9.17, 15) is 16.8 Å². The van der Waals surface area contributed by atoms with Crippen molar-refractivity contribution in [3.8, 4) is 0 Å². The average molecular weight is 307 g/mol. The van der Waals surface area contributed by atoms with Crippen molar-refractivity contribution >= 4 is 31.6 Å². The number of hydrogen-bond donors (Lipinski definition) is 2. The summed E-state index contributed by atoms with van der Waals surface area (Å²) in [5.74, 6) is 0.206. The second-order valence-corrected chi connectivity index (χ2v) is 8.49. The normalized spacial score (nSPS) is 13.9. The zero-order chi connectivity index (χ0) is 13.7. The Morgan fingerprint density at radius 3 is 2.12 bits per heavy atom. The molecule has 0 fully saturated rings. The van der Waals surface area contributed by atoms with Gasteiger partial charge in [0.05, 0.1) is 12.0 Å². The lowest BCUT2D eigenvalue weighted by Crippen LogP contribution is -2.51. The lowest BCUT2D eigenvalue weighted by Gasteiger charge is -2.25. The van der Waals surface area contributed by atoms with Crippen LogP contribution < -0.4 is 9.44 Å². The summed E-state index contributed by atoms with van der Waals surface area (Å²) in [5, 5.41) is 0. The number of alkyl halides is 1. The summed E-state index contributed by atoms with van der Waals surface area (Å²) < 4.78 is 49.7. The van der Waals surface area contributed by atoms with Gasteiger partial charge in [-0.2, -0.15) is 0 Å². The molecule has 9 heteroatoms. The van der Waals surface area contributed by atoms with Gasteiger partial charge in [-0.05, 0) is 20.3 Å². The maximum absolute atomic E-state index is 11.5. The molecule has 0 spiro atoms. The number of nitrogens with one attached hydrogen (secondary N) is 2. The molecule has 0 aliphatic heterocycles. The fourth-order valence-electron chi connectivity index (χ4n) is 1.15. The van der Waals surface area contributed by atoms with Gasteiger partial charge >= 0.3 is 0 Å². The summed E-state index contributed by atoms with van der Waals surface area (Å²) in [6.07, 6.45) is 1.38. The van der Waals surface area contributed by atoms with E-state index in [4.69, 9.17) is 11.6 Å². The standard InChI is InChI=1S/C8H19ClN2O4S2/c1-8(2,11-16(3,12)13)7-10-17(14,15)6-4-5-9/h10-11H,4-7H2,1-3H3. The SMILES string of the molecule is CC(C)(CNS(=O)(=O)CCCCl)NS(C)(=O)=O. The molecule has 2 N–H and O–H groups in total. The van der Waals surface area contributed by atoms with Crippen LogP contribution in [0.2, 0.25) is 0 Å². The Hall–Kier alpha value is 0.110. The third kappa shape index (κ3) is 9.78. The molecule has 0 amide bonds. The number of halogens is 1. The minimum atomic E-state index is -3.40. The van der Waals surface area contributed by atoms with Crippen molar-refractivity contribution in [3.05, 3.63) is 0 Å². The third-order valence-electron chi connectivity index (χ3n) is 1.74. The van der Waals surface area contributed by atoms with E-state index < -0.39 is 25.6 Å². The molecule has 0 radical (unpaired) electrons. The first kappa shape index (κ1) is 17.1. The van der Waals surface area contributed by atoms with E-state index in [-0.39, 0.29) is 18.2 Å². The van der Waals surface area contributed by atoms with Crippen molar-refractivity contribution in [2.24, 2.45) is 0 Å². The van der Waals surface area contributed by atoms with Crippen molar-refractivity contribution in [1.82, 2.24) is 9.44 Å². The first-order valence-corrected chi connectivity index (χ1v) is 9.07. The summed E-state index contributed by atoms with van der Waals surface area (Å²) in [5.41, 5.74) is -0.873. The van der Waals surface area contributed by atoms with Crippen LogP contribution in [0.4, 0.5) is 0 Å². The summed E-state index contributed by atoms with van der Waals surface area (Å²) >= 11 is 5.40. The minimum Gasteiger partial charge on any atom is -0.213 e. The van der Waals surface area contributed by atoms with E-state index in [1.54, 1.807) is 13.8 Å². The molecule has 0 heterocycles. The van der Waals surface area contributed by atoms with Gasteiger partial charge in [-0.3, -0.25) is 0 Å². The highest BCUT2D eigenvalue weighted by Crippen LogP contribution is 2.03. The Labute approximate surface area is 108 Å². The lowest BCUT2D eigenvalue weighted by molar-refractivity contribution is 0.446. The monoisotopic (exact) mass is 306 g/mol. The van der Waals surface area contributed by atoms with Crippen molar-refractivity contribution < 1.29 is 16.8 Å². The molecular formula is C8H19ClN2O4S2. The number of rotatable bonds is 8. The molecule has 6 nitrogen and oxygen atoms in total. The van der Waals surface area contributed by atoms with Crippen LogP contribution >= 0.6 is 11.6 Å². The second kappa shape index (κ2) is 6.33. The highest BCUT2D eigenvalue weighted by molar-refractivity contribution is 7.89. The molecule has 0 aromatic carbocycles. The van der Waals surface area contributed by atoms with Crippen molar-refractivity contribution in [2.45, 2.75) is 25.8 Å². The van der Waals surface area contributed by atoms with E-state index in [1.165, 1.54) is 0 Å². The van der Waals surface area contributed by atoms with Gasteiger partial charge in [0.15, 0.2) is 0 Å². The van der Waals surface area contributed by atoms with Gasteiger partial charge in [0.1, 0.15) is 0 Å². The van der Waals surface area contributed by atoms with Crippen LogP contribution in [0, 0.1) is 0 Å². The van der Waals surface area contributed by atoms with Crippen molar-refractivity contribution in [2.75, 3.05) is 24.4 Å². The largest absolute Gasteiger partial charge is 0.213 e. The quantitative estimate of drug-likeness (QED) is 0.611. The molecule has 0 aliphatic rings. The van der Waals surface area contributed by atoms with Gasteiger partial charge in [-0.1, -0.05) is 0 Å². The van der Waals surface area contributed by atoms with E-state index in [0.717, 1.165) is 6.26 Å². The summed E-state index contributed by atoms with van der Waals surface area (Å²) in [4.78, 5) is 0. The highest BCUT2D eigenvalue weighted by atomic mass is 35.5. The molecular weight excluding hydrogens is 288 g/mol. The molecule has 0 aliphatic carbocycles. The molecule has 0 saturated heterocycles. The van der Waals surface area contributed by atoms with Crippen LogP contribution in [0.3, 0.4) is 0 Å². The third-order valence-corrected chi connectivity index (χ3v) is 4.34. The zero-order valence-corrected chi connectivity index (χ0v) is 12.5. The van der Waals surface area contributed by atoms with Crippen LogP contribution in [0.15, 0.2) is 0 Å². The van der Waals surface area contributed by atoms with Crippen LogP contribution in [0.1, 0.15) is 20.3 Å². The molecule has 0 atom stereocenters. The van der Waals surface area contributed by atoms with Gasteiger partial charge in [0, 0.05) is 18.0 Å². The predicted octanol–water partition coefficient (Wildman–Crippen LogP) is -0.137. The molecule has 0 unspecified atom stereocenters. The summed E-state index contributed by atoms with van der Waals surface area (Å²) in [6, 6.07) is 0. The highest BCUT2D eigenvalue weighted by Gasteiger charge is 2.24. The molecule has 0 aromatic rings. The Morgan fingerprint density at radius 2 is 1.71 bits per heavy atom. The van der Waals surface area contributed by atoms with E-state index >= 15 is 0 Å². The van der Waals surface area contributed by atoms with Gasteiger partial charge in [-0.15, -0.1) is 11.6 Å². The topological polar surface area (TPSA) is 92.3 Å². The smallest absolute Gasteiger partial charge is 0.211 e. The maximum Gasteiger partial charge on any atom is 0.211 e. The zero-order valence-electron chi connectivity index (χ0n) is 10.2. The Morgan fingerprint density at radius 1 is 1.18 bits per heavy atom. The minimum absolute atomic E-state index is 0.00924. The van der Waals surface area contributed by atoms with Crippen LogP contribution in [-0.4, -0.2) is 46.8 Å². The van der Waals surface area contributed by atoms with Crippen LogP contribution in [-0.2, 0) is 20.0 Å². The number of hydrogen-bond acceptors (Lipinski definition) is 4. The average Bonchev–Trinajstić information content (AvgIpc) is 2.08. The first-order valence-electron chi connectivity index (χ1n) is 5.00. The Balaban J connectivity index is 4.36. The van der Waals surface area contributed by atoms with Gasteiger partial charge in [0.25, 0.3) is 0 Å². The van der Waals surface area contributed by atoms with Gasteiger partial charge in [-0.25, -0.2) is 26.3 Å². The Kier molecular flexibility index (Phi) is 6.37. The first-order chi connectivity index (χ1) is 7.47. The van der Waals surface area contributed by atoms with Crippen molar-refractivity contribution in [1.29, 1.82) is 0 Å². The van der Waals surface area contributed by atoms with Crippen molar-refractivity contribution in [3.63, 3.8) is 0 Å². The van der Waals surface area contributed by atoms with E-state index in [1.807, 2.05) is 0 Å². The summed E-state index contributed by atoms with van der Waals surface area (Å²) in [7, 11) is -6.77. The Bertz CT molecular complexity index is 430. The molecule has 0 bridgehead atoms. The molecule has 104 valence electrons. The predicted molar refractivity (Wildman–Crippen MR) is 69.2 cm³/mol. The molecule has 17 heavy (non-hydrogen) atoms. The summed E-state index contributed by atoms with van der Waals surface area (Å²) in [6.45, 7) is 3.18. The molecule has 0 aromatic heterocycles. The lowest BCUT2D eigenvalue weighted by atomic mass is 10.1.